The van der Waals surface area contributed by atoms with E-state index in [-0.39, 0.29) is 11.8 Å². The fourth-order valence-electron chi connectivity index (χ4n) is 3.75. The molecule has 1 aromatic carbocycles. The van der Waals surface area contributed by atoms with Crippen LogP contribution >= 0.6 is 0 Å². The summed E-state index contributed by atoms with van der Waals surface area (Å²) in [6.45, 7) is 8.28. The number of aryl methyl sites for hydroxylation is 1. The molecule has 2 saturated heterocycles. The molecule has 5 heteroatoms. The van der Waals surface area contributed by atoms with E-state index in [0.29, 0.717) is 12.6 Å². The van der Waals surface area contributed by atoms with Gasteiger partial charge in [-0.3, -0.25) is 4.90 Å². The third-order valence-electron chi connectivity index (χ3n) is 4.83. The lowest BCUT2D eigenvalue weighted by Gasteiger charge is -2.24. The molecule has 22 heavy (non-hydrogen) atoms. The van der Waals surface area contributed by atoms with E-state index < -0.39 is 10.0 Å². The summed E-state index contributed by atoms with van der Waals surface area (Å²) in [6, 6.07) is 8.29. The summed E-state index contributed by atoms with van der Waals surface area (Å²) in [5, 5.41) is 0. The topological polar surface area (TPSA) is 40.6 Å². The smallest absolute Gasteiger partial charge is 0.218 e. The van der Waals surface area contributed by atoms with Gasteiger partial charge in [0.25, 0.3) is 0 Å². The third-order valence-corrected chi connectivity index (χ3v) is 6.70. The van der Waals surface area contributed by atoms with Gasteiger partial charge in [0.15, 0.2) is 0 Å². The first-order valence-corrected chi connectivity index (χ1v) is 9.52. The molecule has 0 amide bonds. The SMILES string of the molecule is C=CCN1CC[C@@H]2[C@@H]1CCN2S(=O)(=O)Cc1ccc(C)cc1. The number of benzene rings is 1. The summed E-state index contributed by atoms with van der Waals surface area (Å²) in [4.78, 5) is 2.36. The van der Waals surface area contributed by atoms with E-state index in [1.807, 2.05) is 37.3 Å². The monoisotopic (exact) mass is 320 g/mol. The molecular weight excluding hydrogens is 296 g/mol. The van der Waals surface area contributed by atoms with Crippen molar-refractivity contribution in [2.45, 2.75) is 37.6 Å². The maximum absolute atomic E-state index is 12.8. The van der Waals surface area contributed by atoms with Crippen LogP contribution in [0.15, 0.2) is 36.9 Å². The molecule has 0 saturated carbocycles. The number of likely N-dealkylation sites (tertiary alicyclic amines) is 1. The molecule has 2 heterocycles. The van der Waals surface area contributed by atoms with Crippen molar-refractivity contribution >= 4 is 10.0 Å². The first-order valence-electron chi connectivity index (χ1n) is 7.91. The highest BCUT2D eigenvalue weighted by atomic mass is 32.2. The van der Waals surface area contributed by atoms with Crippen LogP contribution in [0.3, 0.4) is 0 Å². The highest BCUT2D eigenvalue weighted by Gasteiger charge is 2.46. The Balaban J connectivity index is 1.73. The van der Waals surface area contributed by atoms with Crippen molar-refractivity contribution < 1.29 is 8.42 Å². The van der Waals surface area contributed by atoms with Gasteiger partial charge in [-0.1, -0.05) is 35.9 Å². The number of sulfonamides is 1. The molecule has 2 aliphatic heterocycles. The van der Waals surface area contributed by atoms with Crippen molar-refractivity contribution in [3.05, 3.63) is 48.0 Å². The van der Waals surface area contributed by atoms with E-state index in [4.69, 9.17) is 0 Å². The molecular formula is C17H24N2O2S. The highest BCUT2D eigenvalue weighted by Crippen LogP contribution is 2.34. The Morgan fingerprint density at radius 2 is 1.86 bits per heavy atom. The Morgan fingerprint density at radius 1 is 1.18 bits per heavy atom. The summed E-state index contributed by atoms with van der Waals surface area (Å²) in [5.74, 6) is 0.109. The second-order valence-electron chi connectivity index (χ2n) is 6.35. The zero-order chi connectivity index (χ0) is 15.7. The summed E-state index contributed by atoms with van der Waals surface area (Å²) in [6.07, 6.45) is 3.78. The Labute approximate surface area is 133 Å². The van der Waals surface area contributed by atoms with Gasteiger partial charge in [0.2, 0.25) is 10.0 Å². The molecule has 2 atom stereocenters. The van der Waals surface area contributed by atoms with E-state index in [1.54, 1.807) is 4.31 Å². The minimum atomic E-state index is -3.24. The number of nitrogens with zero attached hydrogens (tertiary/aromatic N) is 2. The van der Waals surface area contributed by atoms with Crippen molar-refractivity contribution in [3.8, 4) is 0 Å². The summed E-state index contributed by atoms with van der Waals surface area (Å²) in [5.41, 5.74) is 2.02. The molecule has 1 aromatic rings. The Bertz CT molecular complexity index is 639. The molecule has 0 N–H and O–H groups in total. The van der Waals surface area contributed by atoms with E-state index >= 15 is 0 Å². The molecule has 0 radical (unpaired) electrons. The quantitative estimate of drug-likeness (QED) is 0.781. The molecule has 2 fully saturated rings. The van der Waals surface area contributed by atoms with Crippen molar-refractivity contribution in [3.63, 3.8) is 0 Å². The van der Waals surface area contributed by atoms with Crippen LogP contribution in [0.2, 0.25) is 0 Å². The van der Waals surface area contributed by atoms with Crippen LogP contribution in [0.4, 0.5) is 0 Å². The van der Waals surface area contributed by atoms with Crippen LogP contribution in [-0.2, 0) is 15.8 Å². The van der Waals surface area contributed by atoms with E-state index in [0.717, 1.165) is 37.1 Å². The van der Waals surface area contributed by atoms with Gasteiger partial charge in [0.1, 0.15) is 0 Å². The second kappa shape index (κ2) is 6.14. The molecule has 120 valence electrons. The maximum atomic E-state index is 12.8. The van der Waals surface area contributed by atoms with Crippen molar-refractivity contribution in [1.29, 1.82) is 0 Å². The van der Waals surface area contributed by atoms with Gasteiger partial charge in [-0.05, 0) is 25.3 Å². The zero-order valence-corrected chi connectivity index (χ0v) is 13.9. The van der Waals surface area contributed by atoms with E-state index in [1.165, 1.54) is 0 Å². The zero-order valence-electron chi connectivity index (χ0n) is 13.1. The van der Waals surface area contributed by atoms with Crippen LogP contribution in [0.1, 0.15) is 24.0 Å². The predicted octanol–water partition coefficient (Wildman–Crippen LogP) is 2.16. The van der Waals surface area contributed by atoms with Gasteiger partial charge in [-0.15, -0.1) is 6.58 Å². The maximum Gasteiger partial charge on any atom is 0.218 e. The number of hydrogen-bond donors (Lipinski definition) is 0. The van der Waals surface area contributed by atoms with Gasteiger partial charge in [-0.2, -0.15) is 4.31 Å². The fraction of sp³-hybridized carbons (Fsp3) is 0.529. The van der Waals surface area contributed by atoms with E-state index in [2.05, 4.69) is 11.5 Å². The van der Waals surface area contributed by atoms with Crippen molar-refractivity contribution in [1.82, 2.24) is 9.21 Å². The molecule has 0 aromatic heterocycles. The van der Waals surface area contributed by atoms with Crippen LogP contribution in [0.25, 0.3) is 0 Å². The highest BCUT2D eigenvalue weighted by molar-refractivity contribution is 7.88. The lowest BCUT2D eigenvalue weighted by molar-refractivity contribution is 0.273. The van der Waals surface area contributed by atoms with Crippen LogP contribution in [-0.4, -0.2) is 49.3 Å². The Morgan fingerprint density at radius 3 is 2.55 bits per heavy atom. The number of rotatable bonds is 5. The van der Waals surface area contributed by atoms with Crippen LogP contribution < -0.4 is 0 Å². The standard InChI is InChI=1S/C17H24N2O2S/c1-3-10-18-11-8-17-16(18)9-12-19(17)22(20,21)13-15-6-4-14(2)5-7-15/h3-7,16-17H,1,8-13H2,2H3/t16-,17+/m0/s1. The average Bonchev–Trinajstić information content (AvgIpc) is 3.05. The Hall–Kier alpha value is -1.17. The molecule has 4 nitrogen and oxygen atoms in total. The van der Waals surface area contributed by atoms with Gasteiger partial charge in [0, 0.05) is 31.7 Å². The first kappa shape index (κ1) is 15.7. The summed E-state index contributed by atoms with van der Waals surface area (Å²) >= 11 is 0. The normalized spacial score (nSPS) is 26.2. The fourth-order valence-corrected chi connectivity index (χ4v) is 5.57. The minimum Gasteiger partial charge on any atom is -0.295 e. The molecule has 3 rings (SSSR count). The minimum absolute atomic E-state index is 0.109. The van der Waals surface area contributed by atoms with Gasteiger partial charge in [-0.25, -0.2) is 8.42 Å². The van der Waals surface area contributed by atoms with Crippen molar-refractivity contribution in [2.24, 2.45) is 0 Å². The Kier molecular flexibility index (Phi) is 4.39. The first-order chi connectivity index (χ1) is 10.5. The molecule has 0 spiro atoms. The van der Waals surface area contributed by atoms with E-state index in [9.17, 15) is 8.42 Å². The lowest BCUT2D eigenvalue weighted by atomic mass is 10.1. The van der Waals surface area contributed by atoms with Crippen molar-refractivity contribution in [2.75, 3.05) is 19.6 Å². The van der Waals surface area contributed by atoms with Crippen LogP contribution in [0.5, 0.6) is 0 Å². The molecule has 0 aliphatic carbocycles. The summed E-state index contributed by atoms with van der Waals surface area (Å²) in [7, 11) is -3.24. The van der Waals surface area contributed by atoms with Gasteiger partial charge >= 0.3 is 0 Å². The lowest BCUT2D eigenvalue weighted by Crippen LogP contribution is -2.40. The average molecular weight is 320 g/mol. The van der Waals surface area contributed by atoms with Crippen LogP contribution in [0, 0.1) is 6.92 Å². The molecule has 0 unspecified atom stereocenters. The largest absolute Gasteiger partial charge is 0.295 e. The number of fused-ring (bicyclic) bond motifs is 1. The number of hydrogen-bond acceptors (Lipinski definition) is 3. The predicted molar refractivity (Wildman–Crippen MR) is 89.1 cm³/mol. The summed E-state index contributed by atoms with van der Waals surface area (Å²) < 4.78 is 27.3. The molecule has 0 bridgehead atoms. The second-order valence-corrected chi connectivity index (χ2v) is 8.27. The molecule has 2 aliphatic rings. The third kappa shape index (κ3) is 2.98. The van der Waals surface area contributed by atoms with Gasteiger partial charge < -0.3 is 0 Å². The van der Waals surface area contributed by atoms with Gasteiger partial charge in [0.05, 0.1) is 5.75 Å².